The van der Waals surface area contributed by atoms with Crippen LogP contribution < -0.4 is 10.6 Å². The van der Waals surface area contributed by atoms with E-state index in [1.165, 1.54) is 55.5 Å². The minimum absolute atomic E-state index is 0.0311. The Bertz CT molecular complexity index is 1590. The summed E-state index contributed by atoms with van der Waals surface area (Å²) in [5, 5.41) is 4.78. The Morgan fingerprint density at radius 2 is 1.52 bits per heavy atom. The molecule has 234 valence electrons. The Morgan fingerprint density at radius 3 is 2.07 bits per heavy atom. The SMILES string of the molecule is COC(=O)c1ccc(C(NC(=O)OCc2ccccc2)/C(=C/[C@@H](C)C(=O)NCc2ccc(S(C)(=O)=O)cc2)C(F)(F)F)cc1. The zero-order valence-corrected chi connectivity index (χ0v) is 24.9. The van der Waals surface area contributed by atoms with Gasteiger partial charge in [0.1, 0.15) is 6.61 Å². The van der Waals surface area contributed by atoms with Crippen molar-refractivity contribution in [3.8, 4) is 0 Å². The summed E-state index contributed by atoms with van der Waals surface area (Å²) in [5.41, 5.74) is -0.0399. The van der Waals surface area contributed by atoms with Gasteiger partial charge < -0.3 is 20.1 Å². The lowest BCUT2D eigenvalue weighted by atomic mass is 9.94. The van der Waals surface area contributed by atoms with E-state index in [1.54, 1.807) is 30.3 Å². The van der Waals surface area contributed by atoms with Crippen LogP contribution >= 0.6 is 0 Å². The van der Waals surface area contributed by atoms with Crippen molar-refractivity contribution in [1.29, 1.82) is 0 Å². The molecule has 0 fully saturated rings. The molecule has 0 spiro atoms. The van der Waals surface area contributed by atoms with Crippen molar-refractivity contribution < 1.29 is 45.4 Å². The van der Waals surface area contributed by atoms with Crippen LogP contribution in [0.2, 0.25) is 0 Å². The maximum absolute atomic E-state index is 14.5. The van der Waals surface area contributed by atoms with Crippen LogP contribution in [-0.4, -0.2) is 45.9 Å². The highest BCUT2D eigenvalue weighted by Crippen LogP contribution is 2.37. The quantitative estimate of drug-likeness (QED) is 0.217. The molecule has 3 rings (SSSR count). The number of methoxy groups -OCH3 is 1. The van der Waals surface area contributed by atoms with Crippen LogP contribution in [-0.2, 0) is 37.3 Å². The van der Waals surface area contributed by atoms with Crippen molar-refractivity contribution >= 4 is 27.8 Å². The fourth-order valence-electron chi connectivity index (χ4n) is 4.06. The van der Waals surface area contributed by atoms with Crippen molar-refractivity contribution in [2.45, 2.75) is 37.2 Å². The molecule has 0 radical (unpaired) electrons. The first-order valence-electron chi connectivity index (χ1n) is 13.2. The molecule has 0 aliphatic heterocycles. The molecule has 2 atom stereocenters. The second kappa shape index (κ2) is 14.7. The van der Waals surface area contributed by atoms with E-state index >= 15 is 0 Å². The average Bonchev–Trinajstić information content (AvgIpc) is 2.99. The summed E-state index contributed by atoms with van der Waals surface area (Å²) < 4.78 is 76.6. The van der Waals surface area contributed by atoms with E-state index in [0.717, 1.165) is 13.4 Å². The lowest BCUT2D eigenvalue weighted by Gasteiger charge is -2.25. The molecule has 3 aromatic carbocycles. The summed E-state index contributed by atoms with van der Waals surface area (Å²) in [4.78, 5) is 37.5. The van der Waals surface area contributed by atoms with E-state index in [1.807, 2.05) is 0 Å². The molecule has 0 saturated carbocycles. The Labute approximate surface area is 253 Å². The fourth-order valence-corrected chi connectivity index (χ4v) is 4.69. The zero-order chi connectivity index (χ0) is 32.5. The molecule has 0 aliphatic rings. The van der Waals surface area contributed by atoms with E-state index in [2.05, 4.69) is 15.4 Å². The van der Waals surface area contributed by atoms with E-state index < -0.39 is 51.5 Å². The molecule has 0 bridgehead atoms. The summed E-state index contributed by atoms with van der Waals surface area (Å²) in [6.07, 6.45) is -4.37. The Hall–Kier alpha value is -4.65. The Morgan fingerprint density at radius 1 is 0.909 bits per heavy atom. The second-order valence-corrected chi connectivity index (χ2v) is 11.8. The minimum Gasteiger partial charge on any atom is -0.465 e. The third kappa shape index (κ3) is 9.69. The standard InChI is InChI=1S/C31H31F3N2O7S/c1-20(28(37)35-18-21-9-15-25(16-10-21)44(3,40)41)17-26(31(32,33)34)27(23-11-13-24(14-12-23)29(38)42-2)36-30(39)43-19-22-7-5-4-6-8-22/h4-17,20,27H,18-19H2,1-3H3,(H,35,37)(H,36,39)/b26-17-/t20-,27?/m1/s1. The van der Waals surface area contributed by atoms with Crippen LogP contribution in [0, 0.1) is 5.92 Å². The predicted molar refractivity (Wildman–Crippen MR) is 155 cm³/mol. The number of halogens is 3. The van der Waals surface area contributed by atoms with Gasteiger partial charge in [-0.05, 0) is 41.0 Å². The van der Waals surface area contributed by atoms with Crippen LogP contribution in [0.15, 0.2) is 95.4 Å². The second-order valence-electron chi connectivity index (χ2n) is 9.80. The summed E-state index contributed by atoms with van der Waals surface area (Å²) in [5.74, 6) is -2.75. The average molecular weight is 633 g/mol. The van der Waals surface area contributed by atoms with Gasteiger partial charge in [-0.25, -0.2) is 18.0 Å². The summed E-state index contributed by atoms with van der Waals surface area (Å²) in [6, 6.07) is 17.4. The van der Waals surface area contributed by atoms with Crippen LogP contribution in [0.3, 0.4) is 0 Å². The number of alkyl halides is 3. The van der Waals surface area contributed by atoms with Gasteiger partial charge in [0.2, 0.25) is 5.91 Å². The molecule has 0 heterocycles. The molecule has 2 N–H and O–H groups in total. The lowest BCUT2D eigenvalue weighted by Crippen LogP contribution is -2.36. The minimum atomic E-state index is -4.99. The number of sulfone groups is 1. The number of carbonyl (C=O) groups is 3. The summed E-state index contributed by atoms with van der Waals surface area (Å²) >= 11 is 0. The van der Waals surface area contributed by atoms with E-state index in [4.69, 9.17) is 4.74 Å². The molecule has 0 aromatic heterocycles. The van der Waals surface area contributed by atoms with Crippen molar-refractivity contribution in [1.82, 2.24) is 10.6 Å². The van der Waals surface area contributed by atoms with Gasteiger partial charge in [-0.15, -0.1) is 0 Å². The molecule has 44 heavy (non-hydrogen) atoms. The molecule has 2 amide bonds. The predicted octanol–water partition coefficient (Wildman–Crippen LogP) is 5.29. The van der Waals surface area contributed by atoms with E-state index in [0.29, 0.717) is 17.2 Å². The third-order valence-corrected chi connectivity index (χ3v) is 7.57. The van der Waals surface area contributed by atoms with Gasteiger partial charge in [-0.2, -0.15) is 13.2 Å². The summed E-state index contributed by atoms with van der Waals surface area (Å²) in [7, 11) is -2.26. The van der Waals surface area contributed by atoms with E-state index in [-0.39, 0.29) is 29.2 Å². The fraction of sp³-hybridized carbons (Fsp3) is 0.258. The number of alkyl carbamates (subject to hydrolysis) is 1. The third-order valence-electron chi connectivity index (χ3n) is 6.44. The van der Waals surface area contributed by atoms with Gasteiger partial charge in [-0.1, -0.05) is 67.6 Å². The van der Waals surface area contributed by atoms with Gasteiger partial charge in [0, 0.05) is 12.8 Å². The number of amides is 2. The number of hydrogen-bond acceptors (Lipinski definition) is 7. The number of benzene rings is 3. The molecule has 0 aliphatic carbocycles. The highest BCUT2D eigenvalue weighted by molar-refractivity contribution is 7.90. The Balaban J connectivity index is 1.86. The van der Waals surface area contributed by atoms with Gasteiger partial charge >= 0.3 is 18.2 Å². The van der Waals surface area contributed by atoms with Gasteiger partial charge in [0.15, 0.2) is 9.84 Å². The van der Waals surface area contributed by atoms with Crippen LogP contribution in [0.1, 0.15) is 40.0 Å². The maximum Gasteiger partial charge on any atom is 0.414 e. The highest BCUT2D eigenvalue weighted by Gasteiger charge is 2.41. The molecule has 1 unspecified atom stereocenters. The number of carbonyl (C=O) groups excluding carboxylic acids is 3. The summed E-state index contributed by atoms with van der Waals surface area (Å²) in [6.45, 7) is 1.000. The first-order chi connectivity index (χ1) is 20.7. The largest absolute Gasteiger partial charge is 0.465 e. The Kier molecular flexibility index (Phi) is 11.3. The number of rotatable bonds is 11. The first-order valence-corrected chi connectivity index (χ1v) is 15.1. The van der Waals surface area contributed by atoms with E-state index in [9.17, 15) is 36.0 Å². The molecular formula is C31H31F3N2O7S. The number of nitrogens with one attached hydrogen (secondary N) is 2. The van der Waals surface area contributed by atoms with Crippen LogP contribution in [0.4, 0.5) is 18.0 Å². The first kappa shape index (κ1) is 33.8. The van der Waals surface area contributed by atoms with Gasteiger partial charge in [-0.3, -0.25) is 4.79 Å². The van der Waals surface area contributed by atoms with Gasteiger partial charge in [0.25, 0.3) is 0 Å². The van der Waals surface area contributed by atoms with Crippen LogP contribution in [0.25, 0.3) is 0 Å². The molecular weight excluding hydrogens is 601 g/mol. The molecule has 3 aromatic rings. The normalized spacial score (nSPS) is 13.4. The van der Waals surface area contributed by atoms with Crippen molar-refractivity contribution in [3.05, 3.63) is 113 Å². The topological polar surface area (TPSA) is 128 Å². The molecule has 9 nitrogen and oxygen atoms in total. The van der Waals surface area contributed by atoms with Crippen LogP contribution in [0.5, 0.6) is 0 Å². The molecule has 0 saturated heterocycles. The monoisotopic (exact) mass is 632 g/mol. The maximum atomic E-state index is 14.5. The van der Waals surface area contributed by atoms with Crippen molar-refractivity contribution in [2.24, 2.45) is 5.92 Å². The van der Waals surface area contributed by atoms with Crippen molar-refractivity contribution in [3.63, 3.8) is 0 Å². The van der Waals surface area contributed by atoms with Gasteiger partial charge in [0.05, 0.1) is 35.1 Å². The number of esters is 1. The highest BCUT2D eigenvalue weighted by atomic mass is 32.2. The number of hydrogen-bond donors (Lipinski definition) is 2. The van der Waals surface area contributed by atoms with Crippen molar-refractivity contribution in [2.75, 3.05) is 13.4 Å². The number of ether oxygens (including phenoxy) is 2. The zero-order valence-electron chi connectivity index (χ0n) is 24.1. The smallest absolute Gasteiger partial charge is 0.414 e. The molecule has 13 heteroatoms. The lowest BCUT2D eigenvalue weighted by molar-refractivity contribution is -0.123.